The van der Waals surface area contributed by atoms with Gasteiger partial charge in [-0.25, -0.2) is 0 Å². The molecule has 0 radical (unpaired) electrons. The second-order valence-corrected chi connectivity index (χ2v) is 13.3. The Morgan fingerprint density at radius 1 is 0.652 bits per heavy atom. The maximum Gasteiger partial charge on any atom is 0.554 e. The molecule has 0 atom stereocenters. The number of hydrogen-bond donors (Lipinski definition) is 0. The van der Waals surface area contributed by atoms with Gasteiger partial charge in [0.15, 0.2) is 0 Å². The third-order valence-electron chi connectivity index (χ3n) is 0.724. The lowest BCUT2D eigenvalue weighted by atomic mass is 11.4. The van der Waals surface area contributed by atoms with Crippen LogP contribution in [0.4, 0.5) is 9.59 Å². The molecule has 0 aliphatic heterocycles. The van der Waals surface area contributed by atoms with Crippen LogP contribution >= 0.6 is 121 Å². The van der Waals surface area contributed by atoms with Crippen LogP contribution in [0.25, 0.3) is 0 Å². The van der Waals surface area contributed by atoms with E-state index in [9.17, 15) is 9.59 Å². The average molecular weight is 549 g/mol. The van der Waals surface area contributed by atoms with Crippen molar-refractivity contribution in [2.24, 2.45) is 0 Å². The Morgan fingerprint density at radius 2 is 1.00 bits per heavy atom. The van der Waals surface area contributed by atoms with Crippen molar-refractivity contribution in [2.45, 2.75) is 7.96 Å². The molecule has 0 aromatic rings. The second kappa shape index (κ2) is 13.2. The van der Waals surface area contributed by atoms with Crippen molar-refractivity contribution in [2.75, 3.05) is 0 Å². The van der Waals surface area contributed by atoms with Crippen molar-refractivity contribution in [3.63, 3.8) is 0 Å². The van der Waals surface area contributed by atoms with Crippen molar-refractivity contribution < 1.29 is 37.5 Å². The summed E-state index contributed by atoms with van der Waals surface area (Å²) in [5, 5.41) is 0. The molecule has 0 aliphatic carbocycles. The summed E-state index contributed by atoms with van der Waals surface area (Å²) in [5.74, 6) is 0. The molecule has 0 spiro atoms. The Labute approximate surface area is 177 Å². The molecule has 0 fully saturated rings. The average Bonchev–Trinajstić information content (AvgIpc) is 2.40. The summed E-state index contributed by atoms with van der Waals surface area (Å²) in [5.41, 5.74) is 0. The third-order valence-corrected chi connectivity index (χ3v) is 7.81. The molecule has 0 N–H and O–H groups in total. The van der Waals surface area contributed by atoms with Crippen molar-refractivity contribution in [3.05, 3.63) is 0 Å². The minimum absolute atomic E-state index is 0.597. The van der Waals surface area contributed by atoms with Crippen LogP contribution in [-0.2, 0) is 27.9 Å². The number of hydrogen-bond acceptors (Lipinski definition) is 13. The van der Waals surface area contributed by atoms with Crippen molar-refractivity contribution in [3.8, 4) is 0 Å². The van der Waals surface area contributed by atoms with Gasteiger partial charge in [-0.1, -0.05) is 0 Å². The van der Waals surface area contributed by atoms with E-state index in [0.29, 0.717) is 22.1 Å². The standard InChI is InChI=1S/C4Cl6O8S5/c5-3(6,7)17-13-1(11)15-19-21-23-22-20-16-2(12)14-18-4(8,9)10. The smallest absolute Gasteiger partial charge is 0.345 e. The molecule has 0 saturated carbocycles. The van der Waals surface area contributed by atoms with Gasteiger partial charge in [0.05, 0.1) is 0 Å². The van der Waals surface area contributed by atoms with Crippen LogP contribution in [0.5, 0.6) is 0 Å². The number of alkyl halides is 6. The molecular formula is C4Cl6O8S5. The fraction of sp³-hybridized carbons (Fsp3) is 0.500. The zero-order chi connectivity index (χ0) is 17.9. The molecular weight excluding hydrogens is 549 g/mol. The van der Waals surface area contributed by atoms with E-state index in [1.54, 1.807) is 0 Å². The highest BCUT2D eigenvalue weighted by Crippen LogP contribution is 2.49. The fourth-order valence-corrected chi connectivity index (χ4v) is 6.28. The number of rotatable bonds is 8. The fourth-order valence-electron chi connectivity index (χ4n) is 0.308. The van der Waals surface area contributed by atoms with Gasteiger partial charge in [-0.15, -0.1) is 9.78 Å². The second-order valence-electron chi connectivity index (χ2n) is 2.23. The van der Waals surface area contributed by atoms with Crippen molar-refractivity contribution in [1.82, 2.24) is 0 Å². The summed E-state index contributed by atoms with van der Waals surface area (Å²) in [4.78, 5) is 37.8. The molecule has 0 rings (SSSR count). The monoisotopic (exact) mass is 546 g/mol. The quantitative estimate of drug-likeness (QED) is 0.0781. The van der Waals surface area contributed by atoms with Gasteiger partial charge in [0.1, 0.15) is 22.1 Å². The lowest BCUT2D eigenvalue weighted by molar-refractivity contribution is -0.254. The summed E-state index contributed by atoms with van der Waals surface area (Å²) in [6.07, 6.45) is -2.51. The van der Waals surface area contributed by atoms with E-state index in [-0.39, 0.29) is 0 Å². The van der Waals surface area contributed by atoms with E-state index in [1.807, 2.05) is 0 Å². The molecule has 0 saturated heterocycles. The van der Waals surface area contributed by atoms with E-state index in [2.05, 4.69) is 27.9 Å². The Hall–Kier alpha value is 1.95. The number of halogens is 6. The molecule has 19 heteroatoms. The minimum atomic E-state index is -2.22. The third kappa shape index (κ3) is 20.1. The minimum Gasteiger partial charge on any atom is -0.345 e. The first-order chi connectivity index (χ1) is 10.5. The van der Waals surface area contributed by atoms with Gasteiger partial charge in [-0.05, 0) is 69.6 Å². The van der Waals surface area contributed by atoms with Gasteiger partial charge in [0.2, 0.25) is 0 Å². The van der Waals surface area contributed by atoms with Crippen LogP contribution in [0.1, 0.15) is 0 Å². The van der Waals surface area contributed by atoms with Gasteiger partial charge in [-0.2, -0.15) is 9.59 Å². The van der Waals surface area contributed by atoms with Crippen LogP contribution in [0.2, 0.25) is 0 Å². The topological polar surface area (TPSA) is 89.5 Å². The molecule has 0 aromatic carbocycles. The largest absolute Gasteiger partial charge is 0.554 e. The first-order valence-corrected chi connectivity index (χ1v) is 12.4. The molecule has 0 aliphatic rings. The summed E-state index contributed by atoms with van der Waals surface area (Å²) >= 11 is 32.0. The number of carbonyl (C=O) groups is 2. The van der Waals surface area contributed by atoms with E-state index < -0.39 is 20.3 Å². The normalized spacial score (nSPS) is 11.7. The zero-order valence-electron chi connectivity index (χ0n) is 9.58. The van der Waals surface area contributed by atoms with Gasteiger partial charge in [0.25, 0.3) is 0 Å². The summed E-state index contributed by atoms with van der Waals surface area (Å²) in [7, 11) is 2.95. The van der Waals surface area contributed by atoms with Crippen LogP contribution in [-0.4, -0.2) is 20.3 Å². The molecule has 136 valence electrons. The molecule has 0 heterocycles. The van der Waals surface area contributed by atoms with Crippen molar-refractivity contribution in [1.29, 1.82) is 0 Å². The van der Waals surface area contributed by atoms with Crippen LogP contribution in [0.15, 0.2) is 0 Å². The van der Waals surface area contributed by atoms with E-state index >= 15 is 0 Å². The van der Waals surface area contributed by atoms with Gasteiger partial charge >= 0.3 is 20.3 Å². The highest BCUT2D eigenvalue weighted by atomic mass is 35.6. The SMILES string of the molecule is O=C(OOC(Cl)(Cl)Cl)OSSSSSOC(=O)OOC(Cl)(Cl)Cl. The van der Waals surface area contributed by atoms with E-state index in [0.717, 1.165) is 29.5 Å². The molecule has 0 amide bonds. The highest BCUT2D eigenvalue weighted by molar-refractivity contribution is 9.35. The first-order valence-electron chi connectivity index (χ1n) is 4.10. The van der Waals surface area contributed by atoms with Crippen molar-refractivity contribution >= 4 is 134 Å². The lowest BCUT2D eigenvalue weighted by Gasteiger charge is -2.08. The Bertz CT molecular complexity index is 343. The summed E-state index contributed by atoms with van der Waals surface area (Å²) in [6.45, 7) is 0. The highest BCUT2D eigenvalue weighted by Gasteiger charge is 2.26. The summed E-state index contributed by atoms with van der Waals surface area (Å²) in [6, 6.07) is 0. The molecule has 23 heavy (non-hydrogen) atoms. The molecule has 0 bridgehead atoms. The van der Waals surface area contributed by atoms with Gasteiger partial charge < -0.3 is 8.37 Å². The zero-order valence-corrected chi connectivity index (χ0v) is 18.2. The van der Waals surface area contributed by atoms with Crippen LogP contribution < -0.4 is 0 Å². The molecule has 0 unspecified atom stereocenters. The predicted molar refractivity (Wildman–Crippen MR) is 95.8 cm³/mol. The van der Waals surface area contributed by atoms with Gasteiger partial charge in [-0.3, -0.25) is 9.78 Å². The van der Waals surface area contributed by atoms with Crippen LogP contribution in [0, 0.1) is 0 Å². The van der Waals surface area contributed by atoms with Gasteiger partial charge in [0, 0.05) is 29.5 Å². The molecule has 8 nitrogen and oxygen atoms in total. The maximum absolute atomic E-state index is 10.9. The van der Waals surface area contributed by atoms with Crippen LogP contribution in [0.3, 0.4) is 0 Å². The Morgan fingerprint density at radius 3 is 1.30 bits per heavy atom. The summed E-state index contributed by atoms with van der Waals surface area (Å²) < 4.78 is 4.40. The predicted octanol–water partition coefficient (Wildman–Crippen LogP) is 6.97. The lowest BCUT2D eigenvalue weighted by Crippen LogP contribution is -2.13. The Balaban J connectivity index is 3.46. The number of carbonyl (C=O) groups excluding carboxylic acids is 2. The van der Waals surface area contributed by atoms with E-state index in [1.165, 1.54) is 0 Å². The first kappa shape index (κ1) is 24.9. The van der Waals surface area contributed by atoms with E-state index in [4.69, 9.17) is 69.6 Å². The maximum atomic E-state index is 10.9. The Kier molecular flexibility index (Phi) is 14.3. The molecule has 0 aromatic heterocycles.